The zero-order valence-corrected chi connectivity index (χ0v) is 10.8. The molecule has 0 aliphatic rings. The molecule has 0 aliphatic heterocycles. The van der Waals surface area contributed by atoms with Crippen molar-refractivity contribution in [3.05, 3.63) is 35.4 Å². The molecule has 0 saturated heterocycles. The number of rotatable bonds is 3. The maximum atomic E-state index is 9.96. The highest BCUT2D eigenvalue weighted by molar-refractivity contribution is 5.28. The van der Waals surface area contributed by atoms with Gasteiger partial charge in [0.1, 0.15) is 6.10 Å². The van der Waals surface area contributed by atoms with Crippen LogP contribution in [0.1, 0.15) is 44.9 Å². The van der Waals surface area contributed by atoms with E-state index in [1.807, 2.05) is 19.1 Å². The summed E-state index contributed by atoms with van der Waals surface area (Å²) in [6.45, 7) is 8.39. The highest BCUT2D eigenvalue weighted by Crippen LogP contribution is 2.25. The van der Waals surface area contributed by atoms with Crippen molar-refractivity contribution in [2.24, 2.45) is 0 Å². The third-order valence-electron chi connectivity index (χ3n) is 2.93. The van der Waals surface area contributed by atoms with Crippen LogP contribution in [0.4, 0.5) is 0 Å². The second kappa shape index (κ2) is 4.98. The van der Waals surface area contributed by atoms with Gasteiger partial charge < -0.3 is 9.84 Å². The average Bonchev–Trinajstić information content (AvgIpc) is 2.26. The van der Waals surface area contributed by atoms with Gasteiger partial charge in [0.2, 0.25) is 0 Å². The number of aliphatic hydroxyl groups excluding tert-OH is 1. The van der Waals surface area contributed by atoms with Crippen LogP contribution in [0.5, 0.6) is 0 Å². The third-order valence-corrected chi connectivity index (χ3v) is 2.93. The molecule has 2 atom stereocenters. The molecule has 0 bridgehead atoms. The molecule has 0 spiro atoms. The summed E-state index contributed by atoms with van der Waals surface area (Å²) in [6, 6.07) is 8.09. The van der Waals surface area contributed by atoms with Crippen molar-refractivity contribution in [3.8, 4) is 0 Å². The zero-order chi connectivity index (χ0) is 12.3. The van der Waals surface area contributed by atoms with Gasteiger partial charge in [-0.3, -0.25) is 0 Å². The van der Waals surface area contributed by atoms with Gasteiger partial charge in [0.15, 0.2) is 0 Å². The number of hydrogen-bond acceptors (Lipinski definition) is 2. The van der Waals surface area contributed by atoms with Gasteiger partial charge in [-0.05, 0) is 23.5 Å². The van der Waals surface area contributed by atoms with Gasteiger partial charge in [-0.1, -0.05) is 45.0 Å². The Kier molecular flexibility index (Phi) is 4.11. The van der Waals surface area contributed by atoms with Crippen LogP contribution in [0.3, 0.4) is 0 Å². The third kappa shape index (κ3) is 3.06. The molecule has 16 heavy (non-hydrogen) atoms. The van der Waals surface area contributed by atoms with Crippen LogP contribution in [0, 0.1) is 0 Å². The Morgan fingerprint density at radius 3 is 2.00 bits per heavy atom. The van der Waals surface area contributed by atoms with E-state index in [4.69, 9.17) is 4.74 Å². The highest BCUT2D eigenvalue weighted by atomic mass is 16.5. The van der Waals surface area contributed by atoms with Crippen molar-refractivity contribution in [2.45, 2.75) is 45.3 Å². The molecule has 0 aromatic heterocycles. The van der Waals surface area contributed by atoms with E-state index in [0.717, 1.165) is 5.56 Å². The van der Waals surface area contributed by atoms with Gasteiger partial charge in [0.05, 0.1) is 6.10 Å². The van der Waals surface area contributed by atoms with E-state index in [1.165, 1.54) is 5.56 Å². The highest BCUT2D eigenvalue weighted by Gasteiger charge is 2.17. The predicted molar refractivity (Wildman–Crippen MR) is 66.6 cm³/mol. The first-order chi connectivity index (χ1) is 7.36. The average molecular weight is 222 g/mol. The number of ether oxygens (including phenoxy) is 1. The lowest BCUT2D eigenvalue weighted by Gasteiger charge is -2.21. The van der Waals surface area contributed by atoms with E-state index in [2.05, 4.69) is 32.9 Å². The number of benzene rings is 1. The topological polar surface area (TPSA) is 29.5 Å². The quantitative estimate of drug-likeness (QED) is 0.851. The first kappa shape index (κ1) is 13.2. The van der Waals surface area contributed by atoms with Crippen molar-refractivity contribution in [1.82, 2.24) is 0 Å². The van der Waals surface area contributed by atoms with E-state index < -0.39 is 6.10 Å². The molecule has 0 fully saturated rings. The van der Waals surface area contributed by atoms with Crippen LogP contribution in [-0.2, 0) is 10.2 Å². The molecule has 2 heteroatoms. The second-order valence-electron chi connectivity index (χ2n) is 5.26. The molecule has 0 saturated carbocycles. The fourth-order valence-corrected chi connectivity index (χ4v) is 1.58. The second-order valence-corrected chi connectivity index (χ2v) is 5.26. The van der Waals surface area contributed by atoms with E-state index >= 15 is 0 Å². The van der Waals surface area contributed by atoms with Crippen LogP contribution >= 0.6 is 0 Å². The molecule has 0 amide bonds. The molecule has 0 heterocycles. The maximum Gasteiger partial charge on any atom is 0.105 e. The summed E-state index contributed by atoms with van der Waals surface area (Å²) in [5, 5.41) is 9.96. The summed E-state index contributed by atoms with van der Waals surface area (Å²) in [4.78, 5) is 0. The molecule has 1 N–H and O–H groups in total. The molecule has 2 unspecified atom stereocenters. The van der Waals surface area contributed by atoms with Gasteiger partial charge in [0, 0.05) is 7.11 Å². The van der Waals surface area contributed by atoms with Crippen molar-refractivity contribution < 1.29 is 9.84 Å². The van der Waals surface area contributed by atoms with E-state index in [9.17, 15) is 5.11 Å². The number of methoxy groups -OCH3 is 1. The molecule has 1 rings (SSSR count). The lowest BCUT2D eigenvalue weighted by atomic mass is 9.86. The minimum Gasteiger partial charge on any atom is -0.386 e. The van der Waals surface area contributed by atoms with Gasteiger partial charge in [0.25, 0.3) is 0 Å². The summed E-state index contributed by atoms with van der Waals surface area (Å²) in [5.74, 6) is 0. The van der Waals surface area contributed by atoms with Gasteiger partial charge in [-0.25, -0.2) is 0 Å². The lowest BCUT2D eigenvalue weighted by Crippen LogP contribution is -2.17. The number of hydrogen-bond donors (Lipinski definition) is 1. The Labute approximate surface area is 98.3 Å². The Morgan fingerprint density at radius 2 is 1.62 bits per heavy atom. The summed E-state index contributed by atoms with van der Waals surface area (Å²) in [7, 11) is 1.61. The van der Waals surface area contributed by atoms with Gasteiger partial charge in [-0.2, -0.15) is 0 Å². The Hall–Kier alpha value is -0.860. The molecule has 2 nitrogen and oxygen atoms in total. The van der Waals surface area contributed by atoms with E-state index in [1.54, 1.807) is 7.11 Å². The molecular weight excluding hydrogens is 200 g/mol. The smallest absolute Gasteiger partial charge is 0.105 e. The largest absolute Gasteiger partial charge is 0.386 e. The molecule has 1 aromatic rings. The van der Waals surface area contributed by atoms with Gasteiger partial charge in [-0.15, -0.1) is 0 Å². The molecular formula is C14H22O2. The summed E-state index contributed by atoms with van der Waals surface area (Å²) < 4.78 is 5.11. The standard InChI is InChI=1S/C14H22O2/c1-10(16-5)13(15)11-6-8-12(9-7-11)14(2,3)4/h6-10,13,15H,1-5H3. The fourth-order valence-electron chi connectivity index (χ4n) is 1.58. The van der Waals surface area contributed by atoms with Crippen LogP contribution in [0.25, 0.3) is 0 Å². The fraction of sp³-hybridized carbons (Fsp3) is 0.571. The van der Waals surface area contributed by atoms with Crippen LogP contribution in [0.2, 0.25) is 0 Å². The summed E-state index contributed by atoms with van der Waals surface area (Å²) >= 11 is 0. The van der Waals surface area contributed by atoms with Crippen LogP contribution < -0.4 is 0 Å². The molecule has 1 aromatic carbocycles. The van der Waals surface area contributed by atoms with Crippen molar-refractivity contribution >= 4 is 0 Å². The first-order valence-electron chi connectivity index (χ1n) is 5.67. The Morgan fingerprint density at radius 1 is 1.12 bits per heavy atom. The molecule has 0 radical (unpaired) electrons. The predicted octanol–water partition coefficient (Wildman–Crippen LogP) is 3.05. The normalized spacial score (nSPS) is 15.9. The number of aliphatic hydroxyl groups is 1. The van der Waals surface area contributed by atoms with Crippen LogP contribution in [-0.4, -0.2) is 18.3 Å². The Bertz CT molecular complexity index is 322. The minimum atomic E-state index is -0.556. The van der Waals surface area contributed by atoms with Crippen molar-refractivity contribution in [1.29, 1.82) is 0 Å². The monoisotopic (exact) mass is 222 g/mol. The first-order valence-corrected chi connectivity index (χ1v) is 5.67. The summed E-state index contributed by atoms with van der Waals surface area (Å²) in [6.07, 6.45) is -0.737. The van der Waals surface area contributed by atoms with E-state index in [-0.39, 0.29) is 11.5 Å². The van der Waals surface area contributed by atoms with Crippen LogP contribution in [0.15, 0.2) is 24.3 Å². The molecule has 0 aliphatic carbocycles. The zero-order valence-electron chi connectivity index (χ0n) is 10.8. The maximum absolute atomic E-state index is 9.96. The SMILES string of the molecule is COC(C)C(O)c1ccc(C(C)(C)C)cc1. The van der Waals surface area contributed by atoms with Gasteiger partial charge >= 0.3 is 0 Å². The van der Waals surface area contributed by atoms with Crippen molar-refractivity contribution in [2.75, 3.05) is 7.11 Å². The molecule has 90 valence electrons. The van der Waals surface area contributed by atoms with E-state index in [0.29, 0.717) is 0 Å². The Balaban J connectivity index is 2.87. The van der Waals surface area contributed by atoms with Crippen molar-refractivity contribution in [3.63, 3.8) is 0 Å². The minimum absolute atomic E-state index is 0.149. The summed E-state index contributed by atoms with van der Waals surface area (Å²) in [5.41, 5.74) is 2.33. The lowest BCUT2D eigenvalue weighted by molar-refractivity contribution is -0.00143.